The second-order valence-corrected chi connectivity index (χ2v) is 7.37. The van der Waals surface area contributed by atoms with Crippen LogP contribution in [-0.2, 0) is 20.7 Å². The average Bonchev–Trinajstić information content (AvgIpc) is 2.97. The molecule has 0 aliphatic carbocycles. The Morgan fingerprint density at radius 2 is 1.77 bits per heavy atom. The van der Waals surface area contributed by atoms with Gasteiger partial charge in [-0.1, -0.05) is 30.7 Å². The van der Waals surface area contributed by atoms with Crippen LogP contribution in [0.3, 0.4) is 0 Å². The Kier molecular flexibility index (Phi) is 7.07. The van der Waals surface area contributed by atoms with Crippen molar-refractivity contribution in [1.82, 2.24) is 4.90 Å². The lowest BCUT2D eigenvalue weighted by Gasteiger charge is -2.21. The lowest BCUT2D eigenvalue weighted by atomic mass is 10.1. The van der Waals surface area contributed by atoms with Gasteiger partial charge in [0.25, 0.3) is 5.91 Å². The van der Waals surface area contributed by atoms with Gasteiger partial charge in [0.05, 0.1) is 18.7 Å². The quantitative estimate of drug-likeness (QED) is 0.649. The number of imide groups is 1. The molecule has 0 aromatic heterocycles. The van der Waals surface area contributed by atoms with Crippen LogP contribution in [0, 0.1) is 0 Å². The monoisotopic (exact) mass is 429 g/mol. The van der Waals surface area contributed by atoms with E-state index in [4.69, 9.17) is 16.3 Å². The Morgan fingerprint density at radius 1 is 1.10 bits per heavy atom. The average molecular weight is 430 g/mol. The Morgan fingerprint density at radius 3 is 2.37 bits per heavy atom. The van der Waals surface area contributed by atoms with Crippen molar-refractivity contribution in [3.8, 4) is 0 Å². The smallest absolute Gasteiger partial charge is 0.332 e. The molecule has 3 rings (SSSR count). The number of anilines is 2. The number of methoxy groups -OCH3 is 1. The summed E-state index contributed by atoms with van der Waals surface area (Å²) >= 11 is 5.91. The molecule has 30 heavy (non-hydrogen) atoms. The van der Waals surface area contributed by atoms with Crippen molar-refractivity contribution in [2.24, 2.45) is 0 Å². The minimum absolute atomic E-state index is 0.145. The molecule has 0 radical (unpaired) electrons. The Labute approximate surface area is 180 Å². The van der Waals surface area contributed by atoms with Crippen LogP contribution in [0.4, 0.5) is 16.2 Å². The van der Waals surface area contributed by atoms with Gasteiger partial charge < -0.3 is 15.0 Å². The zero-order chi connectivity index (χ0) is 21.7. The van der Waals surface area contributed by atoms with E-state index in [2.05, 4.69) is 12.2 Å². The third-order valence-electron chi connectivity index (χ3n) is 4.96. The van der Waals surface area contributed by atoms with E-state index in [1.54, 1.807) is 24.3 Å². The Hall–Kier alpha value is -2.90. The van der Waals surface area contributed by atoms with Crippen LogP contribution in [0.1, 0.15) is 18.9 Å². The van der Waals surface area contributed by atoms with E-state index in [0.717, 1.165) is 16.9 Å². The fraction of sp³-hybridized carbons (Fsp3) is 0.318. The molecule has 1 aliphatic heterocycles. The second-order valence-electron chi connectivity index (χ2n) is 6.94. The predicted molar refractivity (Wildman–Crippen MR) is 116 cm³/mol. The van der Waals surface area contributed by atoms with Crippen molar-refractivity contribution in [1.29, 1.82) is 0 Å². The molecule has 1 N–H and O–H groups in total. The first kappa shape index (κ1) is 21.8. The summed E-state index contributed by atoms with van der Waals surface area (Å²) in [5.41, 5.74) is 2.22. The van der Waals surface area contributed by atoms with Crippen LogP contribution in [0.25, 0.3) is 0 Å². The molecule has 2 aromatic carbocycles. The van der Waals surface area contributed by atoms with Gasteiger partial charge in [0.1, 0.15) is 6.04 Å². The lowest BCUT2D eigenvalue weighted by molar-refractivity contribution is -0.124. The molecule has 1 saturated heterocycles. The molecule has 2 aromatic rings. The van der Waals surface area contributed by atoms with Gasteiger partial charge in [-0.25, -0.2) is 9.69 Å². The number of rotatable bonds is 8. The van der Waals surface area contributed by atoms with Crippen molar-refractivity contribution in [2.75, 3.05) is 30.5 Å². The summed E-state index contributed by atoms with van der Waals surface area (Å²) in [6.07, 6.45) is 0.760. The summed E-state index contributed by atoms with van der Waals surface area (Å²) in [5.74, 6) is -0.791. The third kappa shape index (κ3) is 4.80. The fourth-order valence-electron chi connectivity index (χ4n) is 3.32. The number of carbonyl (C=O) groups excluding carboxylic acids is 3. The first-order valence-electron chi connectivity index (χ1n) is 9.72. The van der Waals surface area contributed by atoms with E-state index in [0.29, 0.717) is 16.4 Å². The van der Waals surface area contributed by atoms with E-state index >= 15 is 0 Å². The number of halogens is 1. The van der Waals surface area contributed by atoms with Crippen LogP contribution in [0.5, 0.6) is 0 Å². The zero-order valence-electron chi connectivity index (χ0n) is 16.9. The standard InChI is InChI=1S/C22H24ClN3O4/c1-3-15-4-8-17(9-5-15)24-20(27)14-19-21(28)26(18-10-6-16(23)7-11-18)22(29)25(19)12-13-30-2/h4-11,19H,3,12-14H2,1-2H3,(H,24,27)/t19-/m0/s1. The number of amides is 4. The van der Waals surface area contributed by atoms with Crippen LogP contribution < -0.4 is 10.2 Å². The summed E-state index contributed by atoms with van der Waals surface area (Å²) in [6.45, 7) is 2.51. The number of hydrogen-bond donors (Lipinski definition) is 1. The van der Waals surface area contributed by atoms with Gasteiger partial charge in [0, 0.05) is 24.4 Å². The van der Waals surface area contributed by atoms with E-state index in [1.165, 1.54) is 12.0 Å². The van der Waals surface area contributed by atoms with Gasteiger partial charge in [-0.2, -0.15) is 0 Å². The molecule has 1 aliphatic rings. The highest BCUT2D eigenvalue weighted by molar-refractivity contribution is 6.30. The largest absolute Gasteiger partial charge is 0.383 e. The van der Waals surface area contributed by atoms with E-state index in [9.17, 15) is 14.4 Å². The molecular weight excluding hydrogens is 406 g/mol. The SMILES string of the molecule is CCc1ccc(NC(=O)C[C@H]2C(=O)N(c3ccc(Cl)cc3)C(=O)N2CCOC)cc1. The highest BCUT2D eigenvalue weighted by Gasteiger charge is 2.46. The van der Waals surface area contributed by atoms with Gasteiger partial charge in [0.15, 0.2) is 0 Å². The summed E-state index contributed by atoms with van der Waals surface area (Å²) < 4.78 is 5.07. The van der Waals surface area contributed by atoms with Crippen LogP contribution in [0.15, 0.2) is 48.5 Å². The number of benzene rings is 2. The lowest BCUT2D eigenvalue weighted by Crippen LogP contribution is -2.39. The Bertz CT molecular complexity index is 915. The first-order valence-corrected chi connectivity index (χ1v) is 10.1. The maximum atomic E-state index is 13.1. The molecule has 158 valence electrons. The van der Waals surface area contributed by atoms with Gasteiger partial charge in [-0.15, -0.1) is 0 Å². The molecular formula is C22H24ClN3O4. The van der Waals surface area contributed by atoms with Gasteiger partial charge >= 0.3 is 6.03 Å². The van der Waals surface area contributed by atoms with Crippen molar-refractivity contribution in [3.63, 3.8) is 0 Å². The van der Waals surface area contributed by atoms with Crippen molar-refractivity contribution in [2.45, 2.75) is 25.8 Å². The number of hydrogen-bond acceptors (Lipinski definition) is 4. The molecule has 4 amide bonds. The number of nitrogens with zero attached hydrogens (tertiary/aromatic N) is 2. The summed E-state index contributed by atoms with van der Waals surface area (Å²) in [4.78, 5) is 41.1. The third-order valence-corrected chi connectivity index (χ3v) is 5.22. The van der Waals surface area contributed by atoms with Crippen molar-refractivity contribution in [3.05, 3.63) is 59.1 Å². The molecule has 0 unspecified atom stereocenters. The summed E-state index contributed by atoms with van der Waals surface area (Å²) in [5, 5.41) is 3.30. The number of aryl methyl sites for hydroxylation is 1. The van der Waals surface area contributed by atoms with Gasteiger partial charge in [-0.05, 0) is 48.4 Å². The molecule has 1 atom stereocenters. The van der Waals surface area contributed by atoms with Gasteiger partial charge in [0.2, 0.25) is 5.91 Å². The van der Waals surface area contributed by atoms with Crippen molar-refractivity contribution < 1.29 is 19.1 Å². The number of carbonyl (C=O) groups is 3. The number of urea groups is 1. The number of nitrogens with one attached hydrogen (secondary N) is 1. The molecule has 8 heteroatoms. The van der Waals surface area contributed by atoms with E-state index in [1.807, 2.05) is 24.3 Å². The van der Waals surface area contributed by atoms with Crippen molar-refractivity contribution >= 4 is 40.8 Å². The first-order chi connectivity index (χ1) is 14.4. The molecule has 7 nitrogen and oxygen atoms in total. The molecule has 1 fully saturated rings. The van der Waals surface area contributed by atoms with Crippen LogP contribution in [0.2, 0.25) is 5.02 Å². The minimum Gasteiger partial charge on any atom is -0.383 e. The normalized spacial score (nSPS) is 16.3. The maximum Gasteiger partial charge on any atom is 0.332 e. The summed E-state index contributed by atoms with van der Waals surface area (Å²) in [6, 6.07) is 12.5. The minimum atomic E-state index is -0.904. The highest BCUT2D eigenvalue weighted by atomic mass is 35.5. The molecule has 0 spiro atoms. The predicted octanol–water partition coefficient (Wildman–Crippen LogP) is 3.71. The summed E-state index contributed by atoms with van der Waals surface area (Å²) in [7, 11) is 1.51. The van der Waals surface area contributed by atoms with E-state index < -0.39 is 18.0 Å². The topological polar surface area (TPSA) is 79.0 Å². The van der Waals surface area contributed by atoms with E-state index in [-0.39, 0.29) is 25.5 Å². The van der Waals surface area contributed by atoms with Crippen LogP contribution >= 0.6 is 11.6 Å². The van der Waals surface area contributed by atoms with Crippen LogP contribution in [-0.4, -0.2) is 49.0 Å². The Balaban J connectivity index is 1.77. The number of ether oxygens (including phenoxy) is 1. The maximum absolute atomic E-state index is 13.1. The highest BCUT2D eigenvalue weighted by Crippen LogP contribution is 2.28. The van der Waals surface area contributed by atoms with Gasteiger partial charge in [-0.3, -0.25) is 9.59 Å². The zero-order valence-corrected chi connectivity index (χ0v) is 17.7. The molecule has 0 saturated carbocycles. The molecule has 1 heterocycles. The fourth-order valence-corrected chi connectivity index (χ4v) is 3.44. The second kappa shape index (κ2) is 9.73. The molecule has 0 bridgehead atoms.